The van der Waals surface area contributed by atoms with Gasteiger partial charge in [0.15, 0.2) is 0 Å². The smallest absolute Gasteiger partial charge is 0.117 e. The first-order valence-corrected chi connectivity index (χ1v) is 11.3. The number of hydrogen-bond acceptors (Lipinski definition) is 4. The van der Waals surface area contributed by atoms with Crippen molar-refractivity contribution in [3.63, 3.8) is 0 Å². The molecule has 4 rings (SSSR count). The topological polar surface area (TPSA) is 56.5 Å². The van der Waals surface area contributed by atoms with Gasteiger partial charge in [-0.05, 0) is 60.7 Å². The zero-order valence-electron chi connectivity index (χ0n) is 18.4. The highest BCUT2D eigenvalue weighted by molar-refractivity contribution is 5.37. The summed E-state index contributed by atoms with van der Waals surface area (Å²) >= 11 is 0. The molecule has 3 aromatic rings. The SMILES string of the molecule is N#Cc1ccc(COCCN2CCC(C(O)(c3ccccc3)c3ccccc3)CC2)cc1. The van der Waals surface area contributed by atoms with Crippen LogP contribution in [-0.4, -0.2) is 36.2 Å². The molecular weight excluding hydrogens is 396 g/mol. The third kappa shape index (κ3) is 5.08. The number of nitriles is 1. The molecule has 1 saturated heterocycles. The molecule has 0 atom stereocenters. The van der Waals surface area contributed by atoms with Crippen LogP contribution in [0.4, 0.5) is 0 Å². The molecule has 0 aliphatic carbocycles. The third-order valence-electron chi connectivity index (χ3n) is 6.51. The predicted molar refractivity (Wildman–Crippen MR) is 126 cm³/mol. The van der Waals surface area contributed by atoms with Crippen LogP contribution in [0, 0.1) is 17.2 Å². The highest BCUT2D eigenvalue weighted by atomic mass is 16.5. The average Bonchev–Trinajstić information content (AvgIpc) is 2.88. The summed E-state index contributed by atoms with van der Waals surface area (Å²) in [6.45, 7) is 4.02. The van der Waals surface area contributed by atoms with E-state index in [9.17, 15) is 5.11 Å². The standard InChI is InChI=1S/C28H30N2O2/c29-21-23-11-13-24(14-12-23)22-32-20-19-30-17-15-27(16-18-30)28(31,25-7-3-1-4-8-25)26-9-5-2-6-10-26/h1-14,27,31H,15-20,22H2. The number of rotatable bonds is 8. The van der Waals surface area contributed by atoms with Crippen LogP contribution >= 0.6 is 0 Å². The second kappa shape index (κ2) is 10.6. The molecule has 0 saturated carbocycles. The maximum atomic E-state index is 12.0. The summed E-state index contributed by atoms with van der Waals surface area (Å²) < 4.78 is 5.85. The van der Waals surface area contributed by atoms with Crippen LogP contribution in [0.15, 0.2) is 84.9 Å². The highest BCUT2D eigenvalue weighted by Gasteiger charge is 2.41. The summed E-state index contributed by atoms with van der Waals surface area (Å²) in [7, 11) is 0. The fourth-order valence-electron chi connectivity index (χ4n) is 4.66. The molecule has 1 aliphatic heterocycles. The molecular formula is C28H30N2O2. The molecule has 4 heteroatoms. The Morgan fingerprint density at radius 3 is 1.97 bits per heavy atom. The van der Waals surface area contributed by atoms with Gasteiger partial charge in [0.1, 0.15) is 5.60 Å². The molecule has 0 bridgehead atoms. The highest BCUT2D eigenvalue weighted by Crippen LogP contribution is 2.41. The van der Waals surface area contributed by atoms with Gasteiger partial charge >= 0.3 is 0 Å². The lowest BCUT2D eigenvalue weighted by Gasteiger charge is -2.42. The van der Waals surface area contributed by atoms with Crippen LogP contribution in [0.3, 0.4) is 0 Å². The van der Waals surface area contributed by atoms with Crippen molar-refractivity contribution in [2.45, 2.75) is 25.0 Å². The van der Waals surface area contributed by atoms with Gasteiger partial charge in [0.2, 0.25) is 0 Å². The Labute approximate surface area is 190 Å². The predicted octanol–water partition coefficient (Wildman–Crippen LogP) is 4.72. The first-order chi connectivity index (χ1) is 15.7. The van der Waals surface area contributed by atoms with Gasteiger partial charge in [-0.1, -0.05) is 72.8 Å². The van der Waals surface area contributed by atoms with E-state index < -0.39 is 5.60 Å². The zero-order chi connectivity index (χ0) is 22.2. The van der Waals surface area contributed by atoms with Crippen LogP contribution in [0.5, 0.6) is 0 Å². The molecule has 164 valence electrons. The summed E-state index contributed by atoms with van der Waals surface area (Å²) in [6, 6.07) is 29.8. The van der Waals surface area contributed by atoms with Crippen LogP contribution in [-0.2, 0) is 16.9 Å². The van der Waals surface area contributed by atoms with Crippen molar-refractivity contribution >= 4 is 0 Å². The average molecular weight is 427 g/mol. The first kappa shape index (κ1) is 22.2. The van der Waals surface area contributed by atoms with Crippen LogP contribution in [0.2, 0.25) is 0 Å². The number of likely N-dealkylation sites (tertiary alicyclic amines) is 1. The molecule has 1 heterocycles. The van der Waals surface area contributed by atoms with Gasteiger partial charge in [-0.15, -0.1) is 0 Å². The van der Waals surface area contributed by atoms with Crippen molar-refractivity contribution in [1.82, 2.24) is 4.90 Å². The number of benzene rings is 3. The Morgan fingerprint density at radius 1 is 0.875 bits per heavy atom. The molecule has 0 radical (unpaired) electrons. The van der Waals surface area contributed by atoms with Gasteiger partial charge in [0.05, 0.1) is 24.8 Å². The Morgan fingerprint density at radius 2 is 1.44 bits per heavy atom. The number of ether oxygens (including phenoxy) is 1. The summed E-state index contributed by atoms with van der Waals surface area (Å²) in [5, 5.41) is 20.9. The van der Waals surface area contributed by atoms with Gasteiger partial charge in [0.25, 0.3) is 0 Å². The van der Waals surface area contributed by atoms with E-state index in [1.54, 1.807) is 0 Å². The summed E-state index contributed by atoms with van der Waals surface area (Å²) in [5.41, 5.74) is 2.72. The molecule has 4 nitrogen and oxygen atoms in total. The van der Waals surface area contributed by atoms with Crippen molar-refractivity contribution in [3.8, 4) is 6.07 Å². The molecule has 1 aliphatic rings. The van der Waals surface area contributed by atoms with Gasteiger partial charge in [0, 0.05) is 6.54 Å². The molecule has 0 unspecified atom stereocenters. The molecule has 3 aromatic carbocycles. The van der Waals surface area contributed by atoms with E-state index in [1.165, 1.54) is 0 Å². The summed E-state index contributed by atoms with van der Waals surface area (Å²) in [5.74, 6) is 0.170. The monoisotopic (exact) mass is 426 g/mol. The lowest BCUT2D eigenvalue weighted by atomic mass is 9.72. The fraction of sp³-hybridized carbons (Fsp3) is 0.321. The molecule has 0 amide bonds. The van der Waals surface area contributed by atoms with Crippen molar-refractivity contribution in [2.75, 3.05) is 26.2 Å². The first-order valence-electron chi connectivity index (χ1n) is 11.3. The Balaban J connectivity index is 1.32. The lowest BCUT2D eigenvalue weighted by molar-refractivity contribution is -0.0182. The Hall–Kier alpha value is -2.97. The molecule has 32 heavy (non-hydrogen) atoms. The van der Waals surface area contributed by atoms with Crippen LogP contribution in [0.1, 0.15) is 35.1 Å². The minimum absolute atomic E-state index is 0.170. The van der Waals surface area contributed by atoms with Crippen molar-refractivity contribution < 1.29 is 9.84 Å². The number of hydrogen-bond donors (Lipinski definition) is 1. The van der Waals surface area contributed by atoms with E-state index in [0.29, 0.717) is 18.8 Å². The zero-order valence-corrected chi connectivity index (χ0v) is 18.4. The van der Waals surface area contributed by atoms with E-state index in [0.717, 1.165) is 49.2 Å². The normalized spacial score (nSPS) is 15.4. The number of aliphatic hydroxyl groups is 1. The minimum atomic E-state index is -0.972. The quantitative estimate of drug-likeness (QED) is 0.530. The Bertz CT molecular complexity index is 965. The van der Waals surface area contributed by atoms with E-state index in [1.807, 2.05) is 84.9 Å². The van der Waals surface area contributed by atoms with Crippen molar-refractivity contribution in [2.24, 2.45) is 5.92 Å². The van der Waals surface area contributed by atoms with Gasteiger partial charge in [-0.3, -0.25) is 0 Å². The van der Waals surface area contributed by atoms with E-state index in [4.69, 9.17) is 10.00 Å². The second-order valence-electron chi connectivity index (χ2n) is 8.48. The lowest BCUT2D eigenvalue weighted by Crippen LogP contribution is -2.45. The molecule has 0 aromatic heterocycles. The van der Waals surface area contributed by atoms with E-state index >= 15 is 0 Å². The van der Waals surface area contributed by atoms with Crippen LogP contribution in [0.25, 0.3) is 0 Å². The van der Waals surface area contributed by atoms with Gasteiger partial charge < -0.3 is 14.7 Å². The largest absolute Gasteiger partial charge is 0.380 e. The summed E-state index contributed by atoms with van der Waals surface area (Å²) in [6.07, 6.45) is 1.88. The Kier molecular flexibility index (Phi) is 7.34. The summed E-state index contributed by atoms with van der Waals surface area (Å²) in [4.78, 5) is 2.42. The van der Waals surface area contributed by atoms with Crippen LogP contribution < -0.4 is 0 Å². The third-order valence-corrected chi connectivity index (χ3v) is 6.51. The maximum absolute atomic E-state index is 12.0. The minimum Gasteiger partial charge on any atom is -0.380 e. The van der Waals surface area contributed by atoms with Crippen molar-refractivity contribution in [1.29, 1.82) is 5.26 Å². The van der Waals surface area contributed by atoms with Gasteiger partial charge in [-0.2, -0.15) is 5.26 Å². The van der Waals surface area contributed by atoms with Crippen molar-refractivity contribution in [3.05, 3.63) is 107 Å². The number of piperidine rings is 1. The van der Waals surface area contributed by atoms with E-state index in [2.05, 4.69) is 11.0 Å². The van der Waals surface area contributed by atoms with Gasteiger partial charge in [-0.25, -0.2) is 0 Å². The fourth-order valence-corrected chi connectivity index (χ4v) is 4.66. The number of nitrogens with zero attached hydrogens (tertiary/aromatic N) is 2. The maximum Gasteiger partial charge on any atom is 0.117 e. The second-order valence-corrected chi connectivity index (χ2v) is 8.48. The molecule has 1 fully saturated rings. The molecule has 0 spiro atoms. The van der Waals surface area contributed by atoms with E-state index in [-0.39, 0.29) is 5.92 Å². The molecule has 1 N–H and O–H groups in total.